The van der Waals surface area contributed by atoms with E-state index in [0.717, 1.165) is 6.29 Å². The lowest BCUT2D eigenvalue weighted by atomic mass is 10.2. The third kappa shape index (κ3) is 2.37. The average molecular weight is 180 g/mol. The van der Waals surface area contributed by atoms with E-state index in [1.165, 1.54) is 6.20 Å². The number of halogens is 1. The predicted molar refractivity (Wildman–Crippen MR) is 47.2 cm³/mol. The SMILES string of the molecule is O=Cc1cncc(C#CCCl)c1. The molecule has 0 radical (unpaired) electrons. The van der Waals surface area contributed by atoms with E-state index >= 15 is 0 Å². The van der Waals surface area contributed by atoms with Crippen LogP contribution in [0.5, 0.6) is 0 Å². The Morgan fingerprint density at radius 1 is 1.58 bits per heavy atom. The quantitative estimate of drug-likeness (QED) is 0.371. The molecule has 3 heteroatoms. The maximum Gasteiger partial charge on any atom is 0.151 e. The molecule has 0 bridgehead atoms. The largest absolute Gasteiger partial charge is 0.298 e. The Kier molecular flexibility index (Phi) is 3.31. The van der Waals surface area contributed by atoms with Crippen LogP contribution in [-0.4, -0.2) is 17.2 Å². The highest BCUT2D eigenvalue weighted by Crippen LogP contribution is 1.97. The second-order valence-electron chi connectivity index (χ2n) is 2.06. The summed E-state index contributed by atoms with van der Waals surface area (Å²) in [4.78, 5) is 14.1. The minimum Gasteiger partial charge on any atom is -0.298 e. The number of pyridine rings is 1. The standard InChI is InChI=1S/C9H6ClNO/c10-3-1-2-8-4-9(7-12)6-11-5-8/h4-7H,3H2. The Balaban J connectivity index is 2.93. The summed E-state index contributed by atoms with van der Waals surface area (Å²) in [5, 5.41) is 0. The molecule has 0 N–H and O–H groups in total. The van der Waals surface area contributed by atoms with Gasteiger partial charge in [0.15, 0.2) is 6.29 Å². The molecule has 0 aliphatic carbocycles. The molecule has 1 heterocycles. The lowest BCUT2D eigenvalue weighted by molar-refractivity contribution is 0.112. The first-order valence-electron chi connectivity index (χ1n) is 3.32. The van der Waals surface area contributed by atoms with Crippen LogP contribution in [0.25, 0.3) is 0 Å². The number of carbonyl (C=O) groups is 1. The van der Waals surface area contributed by atoms with Gasteiger partial charge in [0.2, 0.25) is 0 Å². The normalized spacial score (nSPS) is 8.42. The number of aromatic nitrogens is 1. The summed E-state index contributed by atoms with van der Waals surface area (Å²) in [5.41, 5.74) is 1.23. The number of hydrogen-bond acceptors (Lipinski definition) is 2. The Morgan fingerprint density at radius 3 is 3.08 bits per heavy atom. The maximum atomic E-state index is 10.3. The second kappa shape index (κ2) is 4.53. The first kappa shape index (κ1) is 8.76. The highest BCUT2D eigenvalue weighted by atomic mass is 35.5. The molecule has 0 aliphatic rings. The summed E-state index contributed by atoms with van der Waals surface area (Å²) in [5.74, 6) is 5.72. The van der Waals surface area contributed by atoms with Gasteiger partial charge in [0, 0.05) is 23.5 Å². The molecule has 2 nitrogen and oxygen atoms in total. The second-order valence-corrected chi connectivity index (χ2v) is 2.33. The maximum absolute atomic E-state index is 10.3. The Labute approximate surface area is 75.6 Å². The molecule has 0 aliphatic heterocycles. The van der Waals surface area contributed by atoms with Crippen LogP contribution in [0.3, 0.4) is 0 Å². The van der Waals surface area contributed by atoms with Gasteiger partial charge in [0.05, 0.1) is 5.88 Å². The van der Waals surface area contributed by atoms with E-state index in [4.69, 9.17) is 11.6 Å². The van der Waals surface area contributed by atoms with Gasteiger partial charge in [-0.05, 0) is 6.07 Å². The van der Waals surface area contributed by atoms with E-state index in [1.54, 1.807) is 12.3 Å². The van der Waals surface area contributed by atoms with Crippen molar-refractivity contribution in [3.63, 3.8) is 0 Å². The molecule has 0 fully saturated rings. The van der Waals surface area contributed by atoms with Crippen molar-refractivity contribution in [3.8, 4) is 11.8 Å². The van der Waals surface area contributed by atoms with Crippen molar-refractivity contribution >= 4 is 17.9 Å². The Morgan fingerprint density at radius 2 is 2.42 bits per heavy atom. The van der Waals surface area contributed by atoms with Crippen LogP contribution in [0.4, 0.5) is 0 Å². The van der Waals surface area contributed by atoms with E-state index in [-0.39, 0.29) is 5.88 Å². The molecule has 0 amide bonds. The van der Waals surface area contributed by atoms with Gasteiger partial charge in [-0.25, -0.2) is 0 Å². The van der Waals surface area contributed by atoms with Crippen molar-refractivity contribution in [2.45, 2.75) is 0 Å². The van der Waals surface area contributed by atoms with Crippen molar-refractivity contribution in [2.24, 2.45) is 0 Å². The van der Waals surface area contributed by atoms with Crippen LogP contribution in [-0.2, 0) is 0 Å². The van der Waals surface area contributed by atoms with E-state index in [0.29, 0.717) is 11.1 Å². The van der Waals surface area contributed by atoms with Gasteiger partial charge < -0.3 is 0 Å². The van der Waals surface area contributed by atoms with E-state index in [9.17, 15) is 4.79 Å². The van der Waals surface area contributed by atoms with Gasteiger partial charge in [-0.15, -0.1) is 11.6 Å². The molecular formula is C9H6ClNO. The highest BCUT2D eigenvalue weighted by molar-refractivity contribution is 6.19. The van der Waals surface area contributed by atoms with Gasteiger partial charge in [-0.2, -0.15) is 0 Å². The average Bonchev–Trinajstić information content (AvgIpc) is 2.15. The Bertz CT molecular complexity index is 338. The molecule has 0 saturated heterocycles. The zero-order valence-corrected chi connectivity index (χ0v) is 7.01. The van der Waals surface area contributed by atoms with Crippen molar-refractivity contribution in [2.75, 3.05) is 5.88 Å². The molecule has 0 unspecified atom stereocenters. The molecular weight excluding hydrogens is 174 g/mol. The lowest BCUT2D eigenvalue weighted by Crippen LogP contribution is -1.84. The summed E-state index contributed by atoms with van der Waals surface area (Å²) in [6.07, 6.45) is 3.81. The monoisotopic (exact) mass is 179 g/mol. The van der Waals surface area contributed by atoms with Crippen LogP contribution in [0.15, 0.2) is 18.5 Å². The zero-order valence-electron chi connectivity index (χ0n) is 6.25. The smallest absolute Gasteiger partial charge is 0.151 e. The van der Waals surface area contributed by atoms with Crippen LogP contribution < -0.4 is 0 Å². The molecule has 1 aromatic heterocycles. The zero-order chi connectivity index (χ0) is 8.81. The summed E-state index contributed by atoms with van der Waals surface area (Å²) >= 11 is 5.36. The van der Waals surface area contributed by atoms with Gasteiger partial charge in [0.25, 0.3) is 0 Å². The number of aldehydes is 1. The minimum atomic E-state index is 0.283. The fourth-order valence-electron chi connectivity index (χ4n) is 0.726. The van der Waals surface area contributed by atoms with Gasteiger partial charge in [0.1, 0.15) is 0 Å². The van der Waals surface area contributed by atoms with E-state index in [1.807, 2.05) is 0 Å². The summed E-state index contributed by atoms with van der Waals surface area (Å²) < 4.78 is 0. The number of hydrogen-bond donors (Lipinski definition) is 0. The molecule has 0 spiro atoms. The molecule has 0 saturated carbocycles. The molecule has 1 rings (SSSR count). The number of nitrogens with zero attached hydrogens (tertiary/aromatic N) is 1. The molecule has 12 heavy (non-hydrogen) atoms. The van der Waals surface area contributed by atoms with Crippen LogP contribution in [0, 0.1) is 11.8 Å². The summed E-state index contributed by atoms with van der Waals surface area (Å²) in [6, 6.07) is 1.67. The van der Waals surface area contributed by atoms with E-state index in [2.05, 4.69) is 16.8 Å². The Hall–Kier alpha value is -1.33. The van der Waals surface area contributed by atoms with Crippen molar-refractivity contribution in [3.05, 3.63) is 29.6 Å². The van der Waals surface area contributed by atoms with Crippen LogP contribution in [0.2, 0.25) is 0 Å². The third-order valence-corrected chi connectivity index (χ3v) is 1.33. The third-order valence-electron chi connectivity index (χ3n) is 1.20. The van der Waals surface area contributed by atoms with Crippen molar-refractivity contribution < 1.29 is 4.79 Å². The molecule has 0 aromatic carbocycles. The van der Waals surface area contributed by atoms with Gasteiger partial charge in [-0.1, -0.05) is 11.8 Å². The minimum absolute atomic E-state index is 0.283. The predicted octanol–water partition coefficient (Wildman–Crippen LogP) is 1.48. The number of rotatable bonds is 1. The number of alkyl halides is 1. The van der Waals surface area contributed by atoms with Gasteiger partial charge >= 0.3 is 0 Å². The fraction of sp³-hybridized carbons (Fsp3) is 0.111. The van der Waals surface area contributed by atoms with E-state index < -0.39 is 0 Å². The summed E-state index contributed by atoms with van der Waals surface area (Å²) in [6.45, 7) is 0. The summed E-state index contributed by atoms with van der Waals surface area (Å²) in [7, 11) is 0. The van der Waals surface area contributed by atoms with Crippen LogP contribution in [0.1, 0.15) is 15.9 Å². The van der Waals surface area contributed by atoms with Crippen LogP contribution >= 0.6 is 11.6 Å². The number of carbonyl (C=O) groups excluding carboxylic acids is 1. The van der Waals surface area contributed by atoms with Crippen molar-refractivity contribution in [1.29, 1.82) is 0 Å². The molecule has 60 valence electrons. The first-order valence-corrected chi connectivity index (χ1v) is 3.85. The fourth-order valence-corrected chi connectivity index (χ4v) is 0.793. The van der Waals surface area contributed by atoms with Crippen molar-refractivity contribution in [1.82, 2.24) is 4.98 Å². The van der Waals surface area contributed by atoms with Gasteiger partial charge in [-0.3, -0.25) is 9.78 Å². The lowest BCUT2D eigenvalue weighted by Gasteiger charge is -1.89. The molecule has 1 aromatic rings. The highest BCUT2D eigenvalue weighted by Gasteiger charge is 1.90. The first-order chi connectivity index (χ1) is 5.86. The molecule has 0 atom stereocenters. The topological polar surface area (TPSA) is 30.0 Å².